The van der Waals surface area contributed by atoms with Crippen LogP contribution in [0.3, 0.4) is 0 Å². The zero-order valence-corrected chi connectivity index (χ0v) is 17.0. The van der Waals surface area contributed by atoms with E-state index in [-0.39, 0.29) is 11.1 Å². The molecule has 1 aromatic carbocycles. The highest BCUT2D eigenvalue weighted by Crippen LogP contribution is 2.38. The highest BCUT2D eigenvalue weighted by atomic mass is 35.5. The molecular weight excluding hydrogens is 403 g/mol. The lowest BCUT2D eigenvalue weighted by atomic mass is 9.83. The number of esters is 1. The molecule has 0 aliphatic carbocycles. The maximum Gasteiger partial charge on any atom is 0.303 e. The van der Waals surface area contributed by atoms with Crippen molar-refractivity contribution in [3.63, 3.8) is 0 Å². The number of nitrogens with two attached hydrogens (primary N) is 1. The first-order valence-corrected chi connectivity index (χ1v) is 9.11. The molecule has 2 aromatic rings. The third-order valence-electron chi connectivity index (χ3n) is 4.64. The number of carbonyl (C=O) groups excluding carboxylic acids is 2. The number of hydrogen-bond donors (Lipinski definition) is 1. The van der Waals surface area contributed by atoms with E-state index in [9.17, 15) is 9.59 Å². The molecule has 0 radical (unpaired) electrons. The highest BCUT2D eigenvalue weighted by molar-refractivity contribution is 6.42. The van der Waals surface area contributed by atoms with Gasteiger partial charge >= 0.3 is 5.97 Å². The molecule has 1 aliphatic rings. The SMILES string of the molecule is CC(=O)OC1C(=O)N(C)C(N)=NC1(C)c1cccc(-c2ccnc(Cl)c2Cl)c1. The Kier molecular flexibility index (Phi) is 5.32. The Bertz CT molecular complexity index is 995. The van der Waals surface area contributed by atoms with Gasteiger partial charge in [0.25, 0.3) is 5.91 Å². The number of guanidine groups is 1. The fraction of sp³-hybridized carbons (Fsp3) is 0.263. The zero-order chi connectivity index (χ0) is 20.6. The number of nitrogens with zero attached hydrogens (tertiary/aromatic N) is 3. The first-order valence-electron chi connectivity index (χ1n) is 8.36. The number of ether oxygens (including phenoxy) is 1. The predicted octanol–water partition coefficient (Wildman–Crippen LogP) is 2.99. The van der Waals surface area contributed by atoms with Gasteiger partial charge in [-0.2, -0.15) is 0 Å². The van der Waals surface area contributed by atoms with Crippen molar-refractivity contribution in [1.29, 1.82) is 0 Å². The third-order valence-corrected chi connectivity index (χ3v) is 5.41. The molecule has 146 valence electrons. The van der Waals surface area contributed by atoms with Crippen molar-refractivity contribution in [2.45, 2.75) is 25.5 Å². The van der Waals surface area contributed by atoms with Crippen molar-refractivity contribution in [3.8, 4) is 11.1 Å². The Morgan fingerprint density at radius 3 is 2.71 bits per heavy atom. The fourth-order valence-corrected chi connectivity index (χ4v) is 3.47. The molecule has 7 nitrogen and oxygen atoms in total. The number of aliphatic imine (C=N–C) groups is 1. The summed E-state index contributed by atoms with van der Waals surface area (Å²) in [5.41, 5.74) is 6.77. The number of likely N-dealkylation sites (N-methyl/N-ethyl adjacent to an activating group) is 1. The summed E-state index contributed by atoms with van der Waals surface area (Å²) in [5.74, 6) is -1.01. The smallest absolute Gasteiger partial charge is 0.303 e. The Morgan fingerprint density at radius 2 is 2.04 bits per heavy atom. The van der Waals surface area contributed by atoms with E-state index in [1.165, 1.54) is 18.9 Å². The highest BCUT2D eigenvalue weighted by Gasteiger charge is 2.48. The largest absolute Gasteiger partial charge is 0.449 e. The van der Waals surface area contributed by atoms with E-state index in [0.717, 1.165) is 5.56 Å². The van der Waals surface area contributed by atoms with Crippen molar-refractivity contribution in [3.05, 3.63) is 52.3 Å². The molecule has 1 aliphatic heterocycles. The van der Waals surface area contributed by atoms with Gasteiger partial charge in [0, 0.05) is 25.7 Å². The number of halogens is 2. The second-order valence-corrected chi connectivity index (χ2v) is 7.28. The Balaban J connectivity index is 2.16. The molecule has 2 N–H and O–H groups in total. The second-order valence-electron chi connectivity index (χ2n) is 6.55. The lowest BCUT2D eigenvalue weighted by Gasteiger charge is -2.39. The van der Waals surface area contributed by atoms with E-state index in [0.29, 0.717) is 16.1 Å². The molecule has 1 aromatic heterocycles. The van der Waals surface area contributed by atoms with Crippen LogP contribution in [0.15, 0.2) is 41.5 Å². The van der Waals surface area contributed by atoms with Crippen molar-refractivity contribution in [1.82, 2.24) is 9.88 Å². The summed E-state index contributed by atoms with van der Waals surface area (Å²) in [5, 5.41) is 0.496. The minimum atomic E-state index is -1.21. The Hall–Kier alpha value is -2.64. The summed E-state index contributed by atoms with van der Waals surface area (Å²) in [4.78, 5) is 34.0. The van der Waals surface area contributed by atoms with Crippen LogP contribution >= 0.6 is 23.2 Å². The summed E-state index contributed by atoms with van der Waals surface area (Å²) in [6.45, 7) is 2.93. The van der Waals surface area contributed by atoms with Gasteiger partial charge in [0.2, 0.25) is 6.10 Å². The van der Waals surface area contributed by atoms with Gasteiger partial charge in [-0.3, -0.25) is 14.5 Å². The maximum absolute atomic E-state index is 12.8. The van der Waals surface area contributed by atoms with E-state index in [1.807, 2.05) is 12.1 Å². The van der Waals surface area contributed by atoms with Crippen molar-refractivity contribution < 1.29 is 14.3 Å². The predicted molar refractivity (Wildman–Crippen MR) is 107 cm³/mol. The molecule has 2 unspecified atom stereocenters. The molecule has 0 fully saturated rings. The van der Waals surface area contributed by atoms with Crippen LogP contribution in [0, 0.1) is 0 Å². The number of rotatable bonds is 3. The normalized spacial score (nSPS) is 22.0. The average molecular weight is 421 g/mol. The van der Waals surface area contributed by atoms with Crippen LogP contribution in [0.25, 0.3) is 11.1 Å². The quantitative estimate of drug-likeness (QED) is 0.607. The van der Waals surface area contributed by atoms with Gasteiger partial charge in [-0.1, -0.05) is 41.4 Å². The van der Waals surface area contributed by atoms with Crippen molar-refractivity contribution >= 4 is 41.0 Å². The third kappa shape index (κ3) is 3.43. The van der Waals surface area contributed by atoms with Crippen LogP contribution in [0.2, 0.25) is 10.2 Å². The van der Waals surface area contributed by atoms with Gasteiger partial charge in [-0.05, 0) is 30.2 Å². The van der Waals surface area contributed by atoms with Crippen LogP contribution < -0.4 is 5.73 Å². The molecule has 1 amide bonds. The fourth-order valence-electron chi connectivity index (χ4n) is 3.09. The van der Waals surface area contributed by atoms with Gasteiger partial charge in [-0.25, -0.2) is 9.98 Å². The number of carbonyl (C=O) groups is 2. The van der Waals surface area contributed by atoms with Gasteiger partial charge in [0.1, 0.15) is 10.7 Å². The van der Waals surface area contributed by atoms with E-state index in [2.05, 4.69) is 9.98 Å². The van der Waals surface area contributed by atoms with Crippen molar-refractivity contribution in [2.75, 3.05) is 7.05 Å². The summed E-state index contributed by atoms with van der Waals surface area (Å²) < 4.78 is 5.33. The monoisotopic (exact) mass is 420 g/mol. The van der Waals surface area contributed by atoms with Gasteiger partial charge in [0.05, 0.1) is 5.02 Å². The van der Waals surface area contributed by atoms with E-state index < -0.39 is 23.5 Å². The summed E-state index contributed by atoms with van der Waals surface area (Å²) >= 11 is 12.3. The van der Waals surface area contributed by atoms with Crippen LogP contribution in [-0.2, 0) is 19.9 Å². The molecule has 3 rings (SSSR count). The molecule has 0 spiro atoms. The molecule has 0 bridgehead atoms. The first kappa shape index (κ1) is 20.1. The Morgan fingerprint density at radius 1 is 1.32 bits per heavy atom. The molecular formula is C19H18Cl2N4O3. The van der Waals surface area contributed by atoms with Crippen molar-refractivity contribution in [2.24, 2.45) is 10.7 Å². The molecule has 9 heteroatoms. The topological polar surface area (TPSA) is 97.9 Å². The maximum atomic E-state index is 12.8. The zero-order valence-electron chi connectivity index (χ0n) is 15.4. The number of hydrogen-bond acceptors (Lipinski definition) is 6. The summed E-state index contributed by atoms with van der Waals surface area (Å²) in [6.07, 6.45) is 0.392. The molecule has 2 heterocycles. The minimum absolute atomic E-state index is 0.0336. The number of pyridine rings is 1. The standard InChI is InChI=1S/C19H18Cl2N4O3/c1-10(26)28-15-17(27)25(3)18(22)24-19(15,2)12-6-4-5-11(9-12)13-7-8-23-16(21)14(13)20/h4-9,15H,1-3H3,(H2,22,24). The second kappa shape index (κ2) is 7.41. The molecule has 2 atom stereocenters. The lowest BCUT2D eigenvalue weighted by Crippen LogP contribution is -2.58. The van der Waals surface area contributed by atoms with E-state index in [1.54, 1.807) is 31.3 Å². The molecule has 28 heavy (non-hydrogen) atoms. The molecule has 0 saturated carbocycles. The molecule has 0 saturated heterocycles. The number of amides is 1. The summed E-state index contributed by atoms with van der Waals surface area (Å²) in [6, 6.07) is 8.96. The van der Waals surface area contributed by atoms with Crippen LogP contribution in [0.5, 0.6) is 0 Å². The van der Waals surface area contributed by atoms with Gasteiger partial charge < -0.3 is 10.5 Å². The van der Waals surface area contributed by atoms with E-state index in [4.69, 9.17) is 33.7 Å². The number of benzene rings is 1. The number of aromatic nitrogens is 1. The summed E-state index contributed by atoms with van der Waals surface area (Å²) in [7, 11) is 1.48. The van der Waals surface area contributed by atoms with Gasteiger partial charge in [-0.15, -0.1) is 0 Å². The Labute approximate surface area is 172 Å². The van der Waals surface area contributed by atoms with Gasteiger partial charge in [0.15, 0.2) is 5.96 Å². The van der Waals surface area contributed by atoms with E-state index >= 15 is 0 Å². The lowest BCUT2D eigenvalue weighted by molar-refractivity contribution is -0.162. The minimum Gasteiger partial charge on any atom is -0.449 e. The van der Waals surface area contributed by atoms with Crippen LogP contribution in [0.1, 0.15) is 19.4 Å². The first-order chi connectivity index (χ1) is 13.1. The average Bonchev–Trinajstić information content (AvgIpc) is 2.66. The van der Waals surface area contributed by atoms with Crippen LogP contribution in [-0.4, -0.2) is 40.9 Å². The van der Waals surface area contributed by atoms with Crippen LogP contribution in [0.4, 0.5) is 0 Å².